The first-order valence-corrected chi connectivity index (χ1v) is 9.72. The minimum absolute atomic E-state index is 0.0342. The lowest BCUT2D eigenvalue weighted by Crippen LogP contribution is -2.39. The highest BCUT2D eigenvalue weighted by Crippen LogP contribution is 2.33. The highest BCUT2D eigenvalue weighted by atomic mass is 35.5. The second-order valence-electron chi connectivity index (χ2n) is 6.01. The predicted octanol–water partition coefficient (Wildman–Crippen LogP) is 0.999. The van der Waals surface area contributed by atoms with Crippen molar-refractivity contribution in [2.24, 2.45) is 5.14 Å². The van der Waals surface area contributed by atoms with Crippen LogP contribution in [0.25, 0.3) is 0 Å². The van der Waals surface area contributed by atoms with Gasteiger partial charge >= 0.3 is 0 Å². The average molecular weight is 377 g/mol. The predicted molar refractivity (Wildman–Crippen MR) is 88.1 cm³/mol. The van der Waals surface area contributed by atoms with Gasteiger partial charge in [0, 0.05) is 25.9 Å². The summed E-state index contributed by atoms with van der Waals surface area (Å²) in [4.78, 5) is -0.0647. The van der Waals surface area contributed by atoms with E-state index in [1.54, 1.807) is 6.07 Å². The van der Waals surface area contributed by atoms with Gasteiger partial charge in [-0.1, -0.05) is 17.7 Å². The Kier molecular flexibility index (Phi) is 5.45. The fourth-order valence-corrected chi connectivity index (χ4v) is 4.01. The first-order valence-electron chi connectivity index (χ1n) is 7.79. The van der Waals surface area contributed by atoms with Gasteiger partial charge in [-0.25, -0.2) is 13.6 Å². The summed E-state index contributed by atoms with van der Waals surface area (Å²) >= 11 is 5.87. The van der Waals surface area contributed by atoms with Crippen molar-refractivity contribution in [1.29, 1.82) is 0 Å². The Morgan fingerprint density at radius 3 is 2.79 bits per heavy atom. The highest BCUT2D eigenvalue weighted by molar-refractivity contribution is 7.89. The van der Waals surface area contributed by atoms with E-state index >= 15 is 0 Å². The third-order valence-electron chi connectivity index (χ3n) is 4.17. The van der Waals surface area contributed by atoms with Crippen LogP contribution in [0.15, 0.2) is 23.1 Å². The van der Waals surface area contributed by atoms with Gasteiger partial charge in [0.2, 0.25) is 10.0 Å². The number of nitrogens with two attached hydrogens (primary N) is 1. The third-order valence-corrected chi connectivity index (χ3v) is 5.56. The van der Waals surface area contributed by atoms with Crippen LogP contribution in [0.2, 0.25) is 5.02 Å². The van der Waals surface area contributed by atoms with Crippen LogP contribution < -0.4 is 10.5 Å². The van der Waals surface area contributed by atoms with Gasteiger partial charge in [-0.05, 0) is 17.7 Å². The normalized spacial score (nSPS) is 23.7. The van der Waals surface area contributed by atoms with E-state index in [1.807, 2.05) is 0 Å². The molecule has 1 atom stereocenters. The quantitative estimate of drug-likeness (QED) is 0.795. The Bertz CT molecular complexity index is 691. The van der Waals surface area contributed by atoms with Crippen LogP contribution in [-0.2, 0) is 30.8 Å². The van der Waals surface area contributed by atoms with Crippen molar-refractivity contribution < 1.29 is 22.6 Å². The molecule has 1 unspecified atom stereocenters. The summed E-state index contributed by atoms with van der Waals surface area (Å²) in [5.74, 6) is -0.494. The molecule has 3 rings (SSSR count). The molecule has 0 saturated carbocycles. The standard InChI is InChI=1S/C15H21ClN2O5S/c16-13-2-1-11(7-14(13)24(17,19)20)8-18-9-12-10-22-15(23-12)3-5-21-6-4-15/h1-2,7,12,18H,3-6,8-10H2,(H2,17,19,20). The Morgan fingerprint density at radius 1 is 1.33 bits per heavy atom. The van der Waals surface area contributed by atoms with Crippen molar-refractivity contribution in [3.8, 4) is 0 Å². The molecule has 0 radical (unpaired) electrons. The number of ether oxygens (including phenoxy) is 3. The fourth-order valence-electron chi connectivity index (χ4n) is 2.92. The zero-order chi connectivity index (χ0) is 17.2. The van der Waals surface area contributed by atoms with E-state index in [4.69, 9.17) is 31.0 Å². The molecule has 0 aromatic heterocycles. The number of primary sulfonamides is 1. The molecule has 2 heterocycles. The Morgan fingerprint density at radius 2 is 2.08 bits per heavy atom. The molecule has 2 aliphatic heterocycles. The lowest BCUT2D eigenvalue weighted by atomic mass is 10.1. The average Bonchev–Trinajstić information content (AvgIpc) is 2.91. The maximum atomic E-state index is 11.5. The van der Waals surface area contributed by atoms with Crippen LogP contribution in [0.4, 0.5) is 0 Å². The maximum Gasteiger partial charge on any atom is 0.239 e. The summed E-state index contributed by atoms with van der Waals surface area (Å²) in [6, 6.07) is 4.77. The van der Waals surface area contributed by atoms with Gasteiger partial charge in [-0.2, -0.15) is 0 Å². The SMILES string of the molecule is NS(=O)(=O)c1cc(CNCC2COC3(CCOCC3)O2)ccc1Cl. The minimum atomic E-state index is -3.83. The van der Waals surface area contributed by atoms with Gasteiger partial charge in [-0.3, -0.25) is 0 Å². The molecule has 1 aromatic rings. The Hall–Kier alpha value is -0.740. The fraction of sp³-hybridized carbons (Fsp3) is 0.600. The molecular formula is C15H21ClN2O5S. The molecule has 24 heavy (non-hydrogen) atoms. The molecule has 2 fully saturated rings. The van der Waals surface area contributed by atoms with E-state index in [-0.39, 0.29) is 16.0 Å². The molecule has 9 heteroatoms. The molecule has 0 amide bonds. The monoisotopic (exact) mass is 376 g/mol. The molecule has 134 valence electrons. The van der Waals surface area contributed by atoms with Crippen LogP contribution in [-0.4, -0.2) is 46.7 Å². The van der Waals surface area contributed by atoms with E-state index in [0.29, 0.717) is 32.9 Å². The van der Waals surface area contributed by atoms with Crippen LogP contribution in [0.5, 0.6) is 0 Å². The maximum absolute atomic E-state index is 11.5. The first-order chi connectivity index (χ1) is 11.4. The van der Waals surface area contributed by atoms with Gasteiger partial charge in [0.1, 0.15) is 4.90 Å². The summed E-state index contributed by atoms with van der Waals surface area (Å²) in [5, 5.41) is 8.52. The number of halogens is 1. The summed E-state index contributed by atoms with van der Waals surface area (Å²) < 4.78 is 40.2. The summed E-state index contributed by atoms with van der Waals surface area (Å²) in [6.07, 6.45) is 1.46. The van der Waals surface area contributed by atoms with Gasteiger partial charge < -0.3 is 19.5 Å². The van der Waals surface area contributed by atoms with Crippen molar-refractivity contribution in [2.75, 3.05) is 26.4 Å². The number of hydrogen-bond acceptors (Lipinski definition) is 6. The van der Waals surface area contributed by atoms with Crippen LogP contribution in [0.3, 0.4) is 0 Å². The molecule has 2 aliphatic rings. The van der Waals surface area contributed by atoms with Gasteiger partial charge in [-0.15, -0.1) is 0 Å². The van der Waals surface area contributed by atoms with Gasteiger partial charge in [0.15, 0.2) is 5.79 Å². The number of rotatable bonds is 5. The van der Waals surface area contributed by atoms with Crippen molar-refractivity contribution in [2.45, 2.75) is 36.2 Å². The largest absolute Gasteiger partial charge is 0.381 e. The van der Waals surface area contributed by atoms with Crippen molar-refractivity contribution in [3.05, 3.63) is 28.8 Å². The smallest absolute Gasteiger partial charge is 0.239 e. The number of nitrogens with one attached hydrogen (secondary N) is 1. The molecule has 0 bridgehead atoms. The van der Waals surface area contributed by atoms with E-state index in [1.165, 1.54) is 12.1 Å². The number of hydrogen-bond donors (Lipinski definition) is 2. The topological polar surface area (TPSA) is 99.9 Å². The number of sulfonamides is 1. The second kappa shape index (κ2) is 7.25. The zero-order valence-corrected chi connectivity index (χ0v) is 14.7. The Balaban J connectivity index is 1.52. The summed E-state index contributed by atoms with van der Waals surface area (Å²) in [6.45, 7) is 2.93. The molecule has 2 saturated heterocycles. The zero-order valence-electron chi connectivity index (χ0n) is 13.2. The van der Waals surface area contributed by atoms with Crippen molar-refractivity contribution in [3.63, 3.8) is 0 Å². The molecule has 1 spiro atoms. The third kappa shape index (κ3) is 4.26. The van der Waals surface area contributed by atoms with E-state index in [2.05, 4.69) is 5.32 Å². The highest BCUT2D eigenvalue weighted by Gasteiger charge is 2.42. The lowest BCUT2D eigenvalue weighted by molar-refractivity contribution is -0.210. The minimum Gasteiger partial charge on any atom is -0.381 e. The Labute approximate surface area is 146 Å². The molecular weight excluding hydrogens is 356 g/mol. The first kappa shape index (κ1) is 18.1. The van der Waals surface area contributed by atoms with Gasteiger partial charge in [0.05, 0.1) is 30.9 Å². The van der Waals surface area contributed by atoms with Crippen LogP contribution in [0, 0.1) is 0 Å². The molecule has 7 nitrogen and oxygen atoms in total. The van der Waals surface area contributed by atoms with Crippen LogP contribution in [0.1, 0.15) is 18.4 Å². The second-order valence-corrected chi connectivity index (χ2v) is 7.95. The van der Waals surface area contributed by atoms with Crippen molar-refractivity contribution in [1.82, 2.24) is 5.32 Å². The lowest BCUT2D eigenvalue weighted by Gasteiger charge is -2.31. The van der Waals surface area contributed by atoms with E-state index < -0.39 is 15.8 Å². The summed E-state index contributed by atoms with van der Waals surface area (Å²) in [5.41, 5.74) is 0.781. The molecule has 1 aromatic carbocycles. The van der Waals surface area contributed by atoms with E-state index in [0.717, 1.165) is 18.4 Å². The van der Waals surface area contributed by atoms with Crippen LogP contribution >= 0.6 is 11.6 Å². The van der Waals surface area contributed by atoms with Crippen molar-refractivity contribution >= 4 is 21.6 Å². The summed E-state index contributed by atoms with van der Waals surface area (Å²) in [7, 11) is -3.83. The number of benzene rings is 1. The molecule has 0 aliphatic carbocycles. The van der Waals surface area contributed by atoms with Gasteiger partial charge in [0.25, 0.3) is 0 Å². The molecule has 3 N–H and O–H groups in total. The van der Waals surface area contributed by atoms with E-state index in [9.17, 15) is 8.42 Å².